The third-order valence-electron chi connectivity index (χ3n) is 5.48. The first-order valence-electron chi connectivity index (χ1n) is 10.9. The molecule has 0 saturated carbocycles. The number of hydrogen-bond acceptors (Lipinski definition) is 4. The van der Waals surface area contributed by atoms with Crippen molar-refractivity contribution in [3.8, 4) is 17.5 Å². The van der Waals surface area contributed by atoms with Gasteiger partial charge in [-0.2, -0.15) is 18.0 Å². The standard InChI is InChI=1S/C26H20F3N5O2/c1-17-3-5-21(12-20(17)6-4-18-14-32-34(15-18)25(36)30-2)24(35)11-19-9-22(26(27,28)29)13-23(10-19)33-8-7-31-16-33/h3,5,7-10,12-16,18H,11H2,1-2H3/p+1. The molecule has 1 N–H and O–H groups in total. The smallest absolute Gasteiger partial charge is 0.306 e. The van der Waals surface area contributed by atoms with Crippen molar-refractivity contribution in [2.45, 2.75) is 19.5 Å². The van der Waals surface area contributed by atoms with Crippen molar-refractivity contribution in [2.24, 2.45) is 11.0 Å². The summed E-state index contributed by atoms with van der Waals surface area (Å²) in [5, 5.41) is 6.43. The van der Waals surface area contributed by atoms with Gasteiger partial charge in [-0.1, -0.05) is 33.8 Å². The van der Waals surface area contributed by atoms with Crippen LogP contribution in [-0.4, -0.2) is 45.5 Å². The number of aromatic nitrogens is 2. The first kappa shape index (κ1) is 24.6. The van der Waals surface area contributed by atoms with Gasteiger partial charge >= 0.3 is 12.2 Å². The molecule has 1 atom stereocenters. The van der Waals surface area contributed by atoms with E-state index in [9.17, 15) is 22.8 Å². The lowest BCUT2D eigenvalue weighted by molar-refractivity contribution is -0.425. The quantitative estimate of drug-likeness (QED) is 0.340. The number of alkyl halides is 3. The van der Waals surface area contributed by atoms with Gasteiger partial charge in [-0.3, -0.25) is 4.79 Å². The number of urea groups is 1. The van der Waals surface area contributed by atoms with Crippen LogP contribution in [0.3, 0.4) is 0 Å². The molecule has 0 spiro atoms. The molecular weight excluding hydrogens is 471 g/mol. The lowest BCUT2D eigenvalue weighted by Gasteiger charge is -2.13. The Morgan fingerprint density at radius 1 is 1.19 bits per heavy atom. The molecule has 7 nitrogen and oxygen atoms in total. The van der Waals surface area contributed by atoms with E-state index in [1.807, 2.05) is 6.92 Å². The van der Waals surface area contributed by atoms with E-state index in [0.717, 1.165) is 22.4 Å². The summed E-state index contributed by atoms with van der Waals surface area (Å²) in [6.45, 7) is 1.84. The zero-order chi connectivity index (χ0) is 25.9. The number of nitrogens with zero attached hydrogens (tertiary/aromatic N) is 4. The molecule has 0 radical (unpaired) electrons. The fourth-order valence-corrected chi connectivity index (χ4v) is 3.56. The van der Waals surface area contributed by atoms with Gasteiger partial charge in [-0.05, 0) is 42.3 Å². The van der Waals surface area contributed by atoms with E-state index in [1.165, 1.54) is 42.6 Å². The summed E-state index contributed by atoms with van der Waals surface area (Å²) in [5.41, 5.74) is 1.43. The van der Waals surface area contributed by atoms with Crippen LogP contribution in [0.5, 0.6) is 0 Å². The first-order valence-corrected chi connectivity index (χ1v) is 10.9. The number of hydrazone groups is 1. The molecule has 2 amide bonds. The van der Waals surface area contributed by atoms with E-state index in [0.29, 0.717) is 11.1 Å². The van der Waals surface area contributed by atoms with Gasteiger partial charge in [0, 0.05) is 35.6 Å². The SMILES string of the molecule is CNC(=O)[N+]1=CC(C#Cc2cc(C(=O)Cc3cc(-n4ccnc4)cc(C(F)(F)F)c3)ccc2C)C=N1. The fourth-order valence-electron chi connectivity index (χ4n) is 3.56. The Morgan fingerprint density at radius 2 is 2.00 bits per heavy atom. The first-order chi connectivity index (χ1) is 17.1. The minimum Gasteiger partial charge on any atom is -0.306 e. The Labute approximate surface area is 205 Å². The predicted molar refractivity (Wildman–Crippen MR) is 127 cm³/mol. The molecule has 1 aromatic heterocycles. The summed E-state index contributed by atoms with van der Waals surface area (Å²) in [4.78, 5) is 28.5. The lowest BCUT2D eigenvalue weighted by atomic mass is 9.97. The molecule has 0 aliphatic carbocycles. The van der Waals surface area contributed by atoms with E-state index in [4.69, 9.17) is 0 Å². The number of amides is 2. The van der Waals surface area contributed by atoms with Crippen LogP contribution < -0.4 is 5.32 Å². The van der Waals surface area contributed by atoms with Crippen LogP contribution in [0.25, 0.3) is 5.69 Å². The van der Waals surface area contributed by atoms with E-state index >= 15 is 0 Å². The van der Waals surface area contributed by atoms with Gasteiger partial charge in [0.25, 0.3) is 0 Å². The summed E-state index contributed by atoms with van der Waals surface area (Å²) >= 11 is 0. The van der Waals surface area contributed by atoms with E-state index in [1.54, 1.807) is 24.4 Å². The number of benzene rings is 2. The molecule has 4 rings (SSSR count). The number of nitrogens with one attached hydrogen (secondary N) is 1. The highest BCUT2D eigenvalue weighted by Gasteiger charge is 2.31. The van der Waals surface area contributed by atoms with Crippen LogP contribution in [0, 0.1) is 24.7 Å². The van der Waals surface area contributed by atoms with Gasteiger partial charge in [0.05, 0.1) is 25.2 Å². The van der Waals surface area contributed by atoms with Crippen molar-refractivity contribution < 1.29 is 27.4 Å². The Hall–Kier alpha value is -4.52. The number of rotatable bonds is 4. The molecule has 1 aliphatic heterocycles. The molecule has 0 fully saturated rings. The number of halogens is 3. The average molecular weight is 492 g/mol. The highest BCUT2D eigenvalue weighted by atomic mass is 19.4. The number of aryl methyl sites for hydroxylation is 1. The molecule has 0 bridgehead atoms. The summed E-state index contributed by atoms with van der Waals surface area (Å²) in [6.07, 6.45) is 2.70. The topological polar surface area (TPSA) is 79.4 Å². The second-order valence-electron chi connectivity index (χ2n) is 8.09. The number of ketones is 1. The minimum absolute atomic E-state index is 0.217. The fraction of sp³-hybridized carbons (Fsp3) is 0.192. The molecule has 1 aliphatic rings. The number of hydrogen-bond donors (Lipinski definition) is 1. The third-order valence-corrected chi connectivity index (χ3v) is 5.48. The highest BCUT2D eigenvalue weighted by Crippen LogP contribution is 2.32. The zero-order valence-corrected chi connectivity index (χ0v) is 19.4. The maximum atomic E-state index is 13.5. The summed E-state index contributed by atoms with van der Waals surface area (Å²) in [5.74, 6) is 5.27. The average Bonchev–Trinajstić information content (AvgIpc) is 3.55. The molecule has 0 saturated heterocycles. The van der Waals surface area contributed by atoms with Crippen LogP contribution in [-0.2, 0) is 12.6 Å². The van der Waals surface area contributed by atoms with Crippen molar-refractivity contribution in [2.75, 3.05) is 7.05 Å². The second-order valence-corrected chi connectivity index (χ2v) is 8.09. The normalized spacial score (nSPS) is 14.7. The maximum absolute atomic E-state index is 13.5. The van der Waals surface area contributed by atoms with Crippen LogP contribution in [0.4, 0.5) is 18.0 Å². The molecule has 10 heteroatoms. The van der Waals surface area contributed by atoms with E-state index < -0.39 is 11.7 Å². The van der Waals surface area contributed by atoms with Crippen molar-refractivity contribution >= 4 is 24.2 Å². The van der Waals surface area contributed by atoms with Gasteiger partial charge in [-0.15, -0.1) is 0 Å². The second kappa shape index (κ2) is 10.00. The van der Waals surface area contributed by atoms with Gasteiger partial charge in [-0.25, -0.2) is 10.3 Å². The van der Waals surface area contributed by atoms with Gasteiger partial charge in [0.1, 0.15) is 12.1 Å². The van der Waals surface area contributed by atoms with Gasteiger partial charge in [0.2, 0.25) is 0 Å². The molecule has 36 heavy (non-hydrogen) atoms. The van der Waals surface area contributed by atoms with Gasteiger partial charge in [0.15, 0.2) is 5.78 Å². The largest absolute Gasteiger partial charge is 0.516 e. The van der Waals surface area contributed by atoms with Crippen LogP contribution in [0.15, 0.2) is 60.2 Å². The Kier molecular flexibility index (Phi) is 6.83. The summed E-state index contributed by atoms with van der Waals surface area (Å²) in [7, 11) is 1.49. The zero-order valence-electron chi connectivity index (χ0n) is 19.4. The summed E-state index contributed by atoms with van der Waals surface area (Å²) in [6, 6.07) is 8.15. The van der Waals surface area contributed by atoms with Crippen LogP contribution in [0.2, 0.25) is 0 Å². The van der Waals surface area contributed by atoms with Gasteiger partial charge < -0.3 is 4.57 Å². The van der Waals surface area contributed by atoms with E-state index in [-0.39, 0.29) is 35.4 Å². The summed E-state index contributed by atoms with van der Waals surface area (Å²) < 4.78 is 43.1. The Balaban J connectivity index is 1.58. The Bertz CT molecular complexity index is 1440. The lowest BCUT2D eigenvalue weighted by Crippen LogP contribution is -2.26. The number of carbonyl (C=O) groups is 2. The van der Waals surface area contributed by atoms with Crippen molar-refractivity contribution in [3.05, 3.63) is 82.9 Å². The molecule has 3 aromatic rings. The third kappa shape index (κ3) is 5.58. The number of Topliss-reactive ketones (excluding diaryl/α,β-unsaturated/α-hetero) is 1. The monoisotopic (exact) mass is 492 g/mol. The molecule has 2 heterocycles. The molecule has 2 aromatic carbocycles. The minimum atomic E-state index is -4.56. The maximum Gasteiger partial charge on any atom is 0.516 e. The highest BCUT2D eigenvalue weighted by molar-refractivity contribution is 5.98. The molecular formula is C26H21F3N5O2+. The van der Waals surface area contributed by atoms with Crippen LogP contribution >= 0.6 is 0 Å². The predicted octanol–water partition coefficient (Wildman–Crippen LogP) is 4.01. The van der Waals surface area contributed by atoms with Crippen molar-refractivity contribution in [3.63, 3.8) is 0 Å². The number of imidazole rings is 1. The van der Waals surface area contributed by atoms with Crippen LogP contribution in [0.1, 0.15) is 32.6 Å². The molecule has 1 unspecified atom stereocenters. The van der Waals surface area contributed by atoms with Crippen molar-refractivity contribution in [1.29, 1.82) is 0 Å². The molecule has 182 valence electrons. The van der Waals surface area contributed by atoms with E-state index in [2.05, 4.69) is 27.2 Å². The Morgan fingerprint density at radius 3 is 2.69 bits per heavy atom. The number of carbonyl (C=O) groups excluding carboxylic acids is 2. The van der Waals surface area contributed by atoms with Crippen molar-refractivity contribution in [1.82, 2.24) is 14.9 Å².